The molecule has 0 bridgehead atoms. The maximum atomic E-state index is 11.7. The molecule has 0 unspecified atom stereocenters. The molecule has 0 aromatic heterocycles. The minimum Gasteiger partial charge on any atom is -0.325 e. The van der Waals surface area contributed by atoms with Crippen LogP contribution in [0, 0.1) is 12.8 Å². The van der Waals surface area contributed by atoms with Gasteiger partial charge in [0.1, 0.15) is 0 Å². The number of hydrogen-bond donors (Lipinski definition) is 2. The average Bonchev–Trinajstić information content (AvgIpc) is 2.29. The highest BCUT2D eigenvalue weighted by Gasteiger charge is 2.05. The molecule has 1 aromatic carbocycles. The Morgan fingerprint density at radius 3 is 2.78 bits per heavy atom. The third-order valence-electron chi connectivity index (χ3n) is 2.66. The number of halogens is 1. The number of nitrogens with one attached hydrogen (secondary N) is 2. The first-order valence-electron chi connectivity index (χ1n) is 6.25. The van der Waals surface area contributed by atoms with Crippen molar-refractivity contribution in [3.05, 3.63) is 28.8 Å². The van der Waals surface area contributed by atoms with Crippen molar-refractivity contribution in [1.82, 2.24) is 5.32 Å². The topological polar surface area (TPSA) is 41.1 Å². The van der Waals surface area contributed by atoms with Gasteiger partial charge in [0.25, 0.3) is 0 Å². The van der Waals surface area contributed by atoms with Crippen LogP contribution in [0.2, 0.25) is 5.02 Å². The Labute approximate surface area is 114 Å². The van der Waals surface area contributed by atoms with E-state index in [0.29, 0.717) is 17.5 Å². The van der Waals surface area contributed by atoms with Crippen molar-refractivity contribution in [2.45, 2.75) is 27.2 Å². The molecule has 0 aliphatic rings. The van der Waals surface area contributed by atoms with Crippen LogP contribution in [0.3, 0.4) is 0 Å². The van der Waals surface area contributed by atoms with Crippen LogP contribution in [0.4, 0.5) is 5.69 Å². The van der Waals surface area contributed by atoms with E-state index < -0.39 is 0 Å². The summed E-state index contributed by atoms with van der Waals surface area (Å²) in [5, 5.41) is 6.61. The Morgan fingerprint density at radius 2 is 2.11 bits per heavy atom. The lowest BCUT2D eigenvalue weighted by molar-refractivity contribution is -0.115. The number of carbonyl (C=O) groups excluding carboxylic acids is 1. The quantitative estimate of drug-likeness (QED) is 0.778. The highest BCUT2D eigenvalue weighted by atomic mass is 35.5. The van der Waals surface area contributed by atoms with Crippen LogP contribution in [-0.2, 0) is 4.79 Å². The second-order valence-electron chi connectivity index (χ2n) is 4.87. The molecule has 1 aromatic rings. The Hall–Kier alpha value is -1.06. The van der Waals surface area contributed by atoms with E-state index >= 15 is 0 Å². The maximum absolute atomic E-state index is 11.7. The van der Waals surface area contributed by atoms with Gasteiger partial charge in [-0.15, -0.1) is 0 Å². The summed E-state index contributed by atoms with van der Waals surface area (Å²) < 4.78 is 0. The van der Waals surface area contributed by atoms with Crippen molar-refractivity contribution in [3.63, 3.8) is 0 Å². The standard InChI is InChI=1S/C14H21ClN2O/c1-10(2)6-7-16-9-14(18)17-13-8-12(15)5-4-11(13)3/h4-5,8,10,16H,6-7,9H2,1-3H3,(H,17,18). The van der Waals surface area contributed by atoms with Crippen LogP contribution in [-0.4, -0.2) is 19.0 Å². The molecular formula is C14H21ClN2O. The molecule has 0 atom stereocenters. The van der Waals surface area contributed by atoms with Crippen LogP contribution in [0.1, 0.15) is 25.8 Å². The van der Waals surface area contributed by atoms with E-state index in [0.717, 1.165) is 24.2 Å². The summed E-state index contributed by atoms with van der Waals surface area (Å²) in [5.41, 5.74) is 1.79. The number of carbonyl (C=O) groups is 1. The zero-order valence-electron chi connectivity index (χ0n) is 11.2. The number of amides is 1. The van der Waals surface area contributed by atoms with Gasteiger partial charge < -0.3 is 10.6 Å². The van der Waals surface area contributed by atoms with E-state index in [2.05, 4.69) is 24.5 Å². The van der Waals surface area contributed by atoms with Crippen molar-refractivity contribution in [2.75, 3.05) is 18.4 Å². The minimum atomic E-state index is -0.0378. The number of hydrogen-bond acceptors (Lipinski definition) is 2. The van der Waals surface area contributed by atoms with Gasteiger partial charge in [-0.3, -0.25) is 4.79 Å². The van der Waals surface area contributed by atoms with Gasteiger partial charge in [-0.25, -0.2) is 0 Å². The lowest BCUT2D eigenvalue weighted by Gasteiger charge is -2.10. The summed E-state index contributed by atoms with van der Waals surface area (Å²) in [6.45, 7) is 7.46. The SMILES string of the molecule is Cc1ccc(Cl)cc1NC(=O)CNCCC(C)C. The predicted octanol–water partition coefficient (Wildman–Crippen LogP) is 3.22. The molecule has 3 nitrogen and oxygen atoms in total. The zero-order valence-corrected chi connectivity index (χ0v) is 12.0. The summed E-state index contributed by atoms with van der Waals surface area (Å²) in [6, 6.07) is 5.47. The van der Waals surface area contributed by atoms with Crippen molar-refractivity contribution in [3.8, 4) is 0 Å². The molecule has 18 heavy (non-hydrogen) atoms. The summed E-state index contributed by atoms with van der Waals surface area (Å²) in [7, 11) is 0. The van der Waals surface area contributed by atoms with Gasteiger partial charge in [-0.05, 0) is 43.5 Å². The Bertz CT molecular complexity index is 405. The van der Waals surface area contributed by atoms with E-state index in [9.17, 15) is 4.79 Å². The number of rotatable bonds is 6. The number of aryl methyl sites for hydroxylation is 1. The van der Waals surface area contributed by atoms with Crippen LogP contribution < -0.4 is 10.6 Å². The van der Waals surface area contributed by atoms with E-state index in [-0.39, 0.29) is 5.91 Å². The van der Waals surface area contributed by atoms with Gasteiger partial charge in [0.15, 0.2) is 0 Å². The summed E-state index contributed by atoms with van der Waals surface area (Å²) in [5.74, 6) is 0.611. The molecule has 1 rings (SSSR count). The molecule has 0 saturated carbocycles. The van der Waals surface area contributed by atoms with Crippen molar-refractivity contribution in [2.24, 2.45) is 5.92 Å². The Morgan fingerprint density at radius 1 is 1.39 bits per heavy atom. The number of benzene rings is 1. The minimum absolute atomic E-state index is 0.0378. The monoisotopic (exact) mass is 268 g/mol. The molecule has 4 heteroatoms. The van der Waals surface area contributed by atoms with E-state index in [1.807, 2.05) is 19.1 Å². The molecule has 0 aliphatic heterocycles. The average molecular weight is 269 g/mol. The van der Waals surface area contributed by atoms with E-state index in [1.165, 1.54) is 0 Å². The second-order valence-corrected chi connectivity index (χ2v) is 5.30. The fraction of sp³-hybridized carbons (Fsp3) is 0.500. The fourth-order valence-corrected chi connectivity index (χ4v) is 1.69. The van der Waals surface area contributed by atoms with Gasteiger partial charge in [0.05, 0.1) is 6.54 Å². The predicted molar refractivity (Wildman–Crippen MR) is 77.1 cm³/mol. The van der Waals surface area contributed by atoms with Crippen LogP contribution in [0.15, 0.2) is 18.2 Å². The molecule has 0 radical (unpaired) electrons. The lowest BCUT2D eigenvalue weighted by atomic mass is 10.1. The van der Waals surface area contributed by atoms with Crippen LogP contribution >= 0.6 is 11.6 Å². The fourth-order valence-electron chi connectivity index (χ4n) is 1.52. The van der Waals surface area contributed by atoms with Gasteiger partial charge in [0, 0.05) is 10.7 Å². The first-order valence-corrected chi connectivity index (χ1v) is 6.63. The smallest absolute Gasteiger partial charge is 0.238 e. The first-order chi connectivity index (χ1) is 8.49. The normalized spacial score (nSPS) is 10.7. The number of anilines is 1. The molecule has 0 fully saturated rings. The van der Waals surface area contributed by atoms with Gasteiger partial charge >= 0.3 is 0 Å². The van der Waals surface area contributed by atoms with Crippen molar-refractivity contribution in [1.29, 1.82) is 0 Å². The second kappa shape index (κ2) is 7.39. The van der Waals surface area contributed by atoms with Gasteiger partial charge in [-0.1, -0.05) is 31.5 Å². The molecule has 1 amide bonds. The third kappa shape index (κ3) is 5.52. The van der Waals surface area contributed by atoms with Crippen molar-refractivity contribution >= 4 is 23.2 Å². The third-order valence-corrected chi connectivity index (χ3v) is 2.89. The summed E-state index contributed by atoms with van der Waals surface area (Å²) in [4.78, 5) is 11.7. The van der Waals surface area contributed by atoms with Crippen LogP contribution in [0.5, 0.6) is 0 Å². The highest BCUT2D eigenvalue weighted by Crippen LogP contribution is 2.19. The molecule has 0 spiro atoms. The molecule has 0 saturated heterocycles. The molecule has 0 heterocycles. The van der Waals surface area contributed by atoms with Crippen LogP contribution in [0.25, 0.3) is 0 Å². The summed E-state index contributed by atoms with van der Waals surface area (Å²) >= 11 is 5.89. The summed E-state index contributed by atoms with van der Waals surface area (Å²) in [6.07, 6.45) is 1.07. The van der Waals surface area contributed by atoms with Crippen molar-refractivity contribution < 1.29 is 4.79 Å². The maximum Gasteiger partial charge on any atom is 0.238 e. The molecule has 100 valence electrons. The lowest BCUT2D eigenvalue weighted by Crippen LogP contribution is -2.29. The van der Waals surface area contributed by atoms with E-state index in [4.69, 9.17) is 11.6 Å². The van der Waals surface area contributed by atoms with Gasteiger partial charge in [0.2, 0.25) is 5.91 Å². The first kappa shape index (κ1) is 15.0. The van der Waals surface area contributed by atoms with Gasteiger partial charge in [-0.2, -0.15) is 0 Å². The molecule has 2 N–H and O–H groups in total. The zero-order chi connectivity index (χ0) is 13.5. The largest absolute Gasteiger partial charge is 0.325 e. The Balaban J connectivity index is 2.38. The Kier molecular flexibility index (Phi) is 6.16. The molecule has 0 aliphatic carbocycles. The highest BCUT2D eigenvalue weighted by molar-refractivity contribution is 6.31. The molecular weight excluding hydrogens is 248 g/mol. The van der Waals surface area contributed by atoms with E-state index in [1.54, 1.807) is 6.07 Å².